The van der Waals surface area contributed by atoms with Crippen LogP contribution in [0.25, 0.3) is 0 Å². The van der Waals surface area contributed by atoms with Crippen molar-refractivity contribution in [2.75, 3.05) is 23.8 Å². The molecule has 2 aromatic rings. The predicted molar refractivity (Wildman–Crippen MR) is 76.9 cm³/mol. The van der Waals surface area contributed by atoms with Gasteiger partial charge < -0.3 is 10.2 Å². The Kier molecular flexibility index (Phi) is 4.34. The van der Waals surface area contributed by atoms with Gasteiger partial charge in [-0.3, -0.25) is 0 Å². The molecule has 0 radical (unpaired) electrons. The van der Waals surface area contributed by atoms with Crippen LogP contribution < -0.4 is 10.2 Å². The highest BCUT2D eigenvalue weighted by Crippen LogP contribution is 2.18. The first-order valence-corrected chi connectivity index (χ1v) is 6.36. The van der Waals surface area contributed by atoms with Crippen molar-refractivity contribution in [1.29, 1.82) is 0 Å². The monoisotopic (exact) mass is 259 g/mol. The quantitative estimate of drug-likeness (QED) is 0.893. The van der Waals surface area contributed by atoms with Gasteiger partial charge >= 0.3 is 0 Å². The van der Waals surface area contributed by atoms with E-state index in [1.807, 2.05) is 25.2 Å². The Morgan fingerprint density at radius 2 is 2.11 bits per heavy atom. The van der Waals surface area contributed by atoms with Gasteiger partial charge in [-0.15, -0.1) is 0 Å². The third-order valence-corrected chi connectivity index (χ3v) is 3.01. The Labute approximate surface area is 113 Å². The van der Waals surface area contributed by atoms with Crippen molar-refractivity contribution >= 4 is 11.5 Å². The molecule has 100 valence electrons. The molecule has 0 fully saturated rings. The number of benzene rings is 1. The van der Waals surface area contributed by atoms with Crippen LogP contribution in [0.5, 0.6) is 0 Å². The van der Waals surface area contributed by atoms with Crippen LogP contribution in [-0.2, 0) is 6.54 Å². The molecule has 0 amide bonds. The van der Waals surface area contributed by atoms with Gasteiger partial charge in [0, 0.05) is 32.0 Å². The van der Waals surface area contributed by atoms with Crippen molar-refractivity contribution in [3.63, 3.8) is 0 Å². The first kappa shape index (κ1) is 13.3. The Hall–Kier alpha value is -2.10. The van der Waals surface area contributed by atoms with Gasteiger partial charge in [0.25, 0.3) is 0 Å². The lowest BCUT2D eigenvalue weighted by molar-refractivity contribution is 0.626. The molecule has 0 aliphatic rings. The maximum atomic E-state index is 13.3. The van der Waals surface area contributed by atoms with Gasteiger partial charge in [-0.05, 0) is 42.8 Å². The summed E-state index contributed by atoms with van der Waals surface area (Å²) >= 11 is 0. The lowest BCUT2D eigenvalue weighted by atomic mass is 10.2. The van der Waals surface area contributed by atoms with Crippen LogP contribution in [0.2, 0.25) is 0 Å². The Morgan fingerprint density at radius 3 is 2.79 bits per heavy atom. The molecule has 0 atom stereocenters. The van der Waals surface area contributed by atoms with Gasteiger partial charge in [-0.1, -0.05) is 6.07 Å². The van der Waals surface area contributed by atoms with Crippen molar-refractivity contribution in [2.24, 2.45) is 0 Å². The van der Waals surface area contributed by atoms with E-state index >= 15 is 0 Å². The summed E-state index contributed by atoms with van der Waals surface area (Å²) in [6, 6.07) is 10.7. The van der Waals surface area contributed by atoms with E-state index in [0.29, 0.717) is 0 Å². The van der Waals surface area contributed by atoms with Gasteiger partial charge in [-0.25, -0.2) is 9.37 Å². The number of aromatic nitrogens is 1. The van der Waals surface area contributed by atoms with Crippen molar-refractivity contribution in [1.82, 2.24) is 4.98 Å². The minimum atomic E-state index is -0.207. The fourth-order valence-electron chi connectivity index (χ4n) is 1.99. The molecule has 19 heavy (non-hydrogen) atoms. The third-order valence-electron chi connectivity index (χ3n) is 3.01. The van der Waals surface area contributed by atoms with E-state index in [0.717, 1.165) is 30.2 Å². The van der Waals surface area contributed by atoms with Gasteiger partial charge in [0.05, 0.1) is 0 Å². The summed E-state index contributed by atoms with van der Waals surface area (Å²) in [7, 11) is 1.84. The molecular weight excluding hydrogens is 241 g/mol. The smallest absolute Gasteiger partial charge is 0.125 e. The van der Waals surface area contributed by atoms with Gasteiger partial charge in [0.1, 0.15) is 11.6 Å². The molecule has 0 saturated heterocycles. The van der Waals surface area contributed by atoms with E-state index in [1.54, 1.807) is 18.3 Å². The highest BCUT2D eigenvalue weighted by Gasteiger charge is 2.06. The van der Waals surface area contributed by atoms with Gasteiger partial charge in [0.2, 0.25) is 0 Å². The van der Waals surface area contributed by atoms with Crippen LogP contribution >= 0.6 is 0 Å². The standard InChI is InChI=1S/C15H18FN3/c1-3-19(14-6-4-5-13(16)10-14)11-12-7-8-18-15(9-12)17-2/h4-10H,3,11H2,1-2H3,(H,17,18). The lowest BCUT2D eigenvalue weighted by Gasteiger charge is -2.23. The number of rotatable bonds is 5. The molecule has 1 aromatic heterocycles. The van der Waals surface area contributed by atoms with Gasteiger partial charge in [0.15, 0.2) is 0 Å². The average molecular weight is 259 g/mol. The Balaban J connectivity index is 2.18. The molecule has 0 aliphatic heterocycles. The molecule has 1 heterocycles. The summed E-state index contributed by atoms with van der Waals surface area (Å²) in [4.78, 5) is 6.31. The predicted octanol–water partition coefficient (Wildman–Crippen LogP) is 3.29. The number of hydrogen-bond acceptors (Lipinski definition) is 3. The largest absolute Gasteiger partial charge is 0.373 e. The first-order valence-electron chi connectivity index (χ1n) is 6.36. The molecule has 3 nitrogen and oxygen atoms in total. The second-order valence-electron chi connectivity index (χ2n) is 4.29. The van der Waals surface area contributed by atoms with Crippen LogP contribution in [0.3, 0.4) is 0 Å². The molecule has 1 aromatic carbocycles. The first-order chi connectivity index (χ1) is 9.22. The van der Waals surface area contributed by atoms with Crippen LogP contribution in [0.15, 0.2) is 42.6 Å². The summed E-state index contributed by atoms with van der Waals surface area (Å²) in [6.45, 7) is 3.61. The third kappa shape index (κ3) is 3.44. The normalized spacial score (nSPS) is 10.3. The maximum Gasteiger partial charge on any atom is 0.125 e. The number of halogens is 1. The molecular formula is C15H18FN3. The van der Waals surface area contributed by atoms with E-state index < -0.39 is 0 Å². The fourth-order valence-corrected chi connectivity index (χ4v) is 1.99. The minimum Gasteiger partial charge on any atom is -0.373 e. The van der Waals surface area contributed by atoms with E-state index in [4.69, 9.17) is 0 Å². The topological polar surface area (TPSA) is 28.2 Å². The molecule has 0 spiro atoms. The minimum absolute atomic E-state index is 0.207. The molecule has 0 unspecified atom stereocenters. The van der Waals surface area contributed by atoms with E-state index in [9.17, 15) is 4.39 Å². The highest BCUT2D eigenvalue weighted by atomic mass is 19.1. The maximum absolute atomic E-state index is 13.3. The average Bonchev–Trinajstić information content (AvgIpc) is 2.45. The summed E-state index contributed by atoms with van der Waals surface area (Å²) in [5, 5.41) is 3.02. The number of nitrogens with zero attached hydrogens (tertiary/aromatic N) is 2. The summed E-state index contributed by atoms with van der Waals surface area (Å²) in [5.74, 6) is 0.634. The zero-order valence-electron chi connectivity index (χ0n) is 11.2. The summed E-state index contributed by atoms with van der Waals surface area (Å²) < 4.78 is 13.3. The van der Waals surface area contributed by atoms with Crippen molar-refractivity contribution < 1.29 is 4.39 Å². The van der Waals surface area contributed by atoms with Crippen LogP contribution in [-0.4, -0.2) is 18.6 Å². The SMILES string of the molecule is CCN(Cc1ccnc(NC)c1)c1cccc(F)c1. The molecule has 0 aliphatic carbocycles. The van der Waals surface area contributed by atoms with Crippen LogP contribution in [0.4, 0.5) is 15.9 Å². The van der Waals surface area contributed by atoms with Crippen LogP contribution in [0.1, 0.15) is 12.5 Å². The highest BCUT2D eigenvalue weighted by molar-refractivity contribution is 5.47. The Bertz CT molecular complexity index is 542. The zero-order chi connectivity index (χ0) is 13.7. The zero-order valence-corrected chi connectivity index (χ0v) is 11.2. The molecule has 2 rings (SSSR count). The number of pyridine rings is 1. The number of anilines is 2. The number of nitrogens with one attached hydrogen (secondary N) is 1. The molecule has 4 heteroatoms. The van der Waals surface area contributed by atoms with E-state index in [-0.39, 0.29) is 5.82 Å². The van der Waals surface area contributed by atoms with Crippen LogP contribution in [0, 0.1) is 5.82 Å². The van der Waals surface area contributed by atoms with E-state index in [2.05, 4.69) is 22.1 Å². The van der Waals surface area contributed by atoms with Crippen molar-refractivity contribution in [2.45, 2.75) is 13.5 Å². The number of hydrogen-bond donors (Lipinski definition) is 1. The second-order valence-corrected chi connectivity index (χ2v) is 4.29. The Morgan fingerprint density at radius 1 is 1.26 bits per heavy atom. The van der Waals surface area contributed by atoms with Crippen molar-refractivity contribution in [3.8, 4) is 0 Å². The van der Waals surface area contributed by atoms with Crippen molar-refractivity contribution in [3.05, 3.63) is 54.0 Å². The summed E-state index contributed by atoms with van der Waals surface area (Å²) in [6.07, 6.45) is 1.78. The lowest BCUT2D eigenvalue weighted by Crippen LogP contribution is -2.22. The summed E-state index contributed by atoms with van der Waals surface area (Å²) in [5.41, 5.74) is 2.04. The molecule has 1 N–H and O–H groups in total. The van der Waals surface area contributed by atoms with E-state index in [1.165, 1.54) is 6.07 Å². The molecule has 0 saturated carbocycles. The fraction of sp³-hybridized carbons (Fsp3) is 0.267. The molecule has 0 bridgehead atoms. The van der Waals surface area contributed by atoms with Gasteiger partial charge in [-0.2, -0.15) is 0 Å². The second kappa shape index (κ2) is 6.18.